The van der Waals surface area contributed by atoms with Gasteiger partial charge in [0.1, 0.15) is 5.75 Å². The first-order chi connectivity index (χ1) is 15.5. The number of nitrogens with two attached hydrogens (primary N) is 1. The zero-order valence-electron chi connectivity index (χ0n) is 17.7. The molecule has 0 aliphatic rings. The van der Waals surface area contributed by atoms with E-state index in [1.807, 2.05) is 0 Å². The van der Waals surface area contributed by atoms with Crippen LogP contribution in [-0.2, 0) is 15.8 Å². The quantitative estimate of drug-likeness (QED) is 0.368. The average molecular weight is 462 g/mol. The molecule has 0 atom stereocenters. The Morgan fingerprint density at radius 3 is 2.55 bits per heavy atom. The van der Waals surface area contributed by atoms with Crippen molar-refractivity contribution in [3.63, 3.8) is 0 Å². The molecule has 0 radical (unpaired) electrons. The second-order valence-electron chi connectivity index (χ2n) is 7.16. The van der Waals surface area contributed by atoms with Crippen molar-refractivity contribution in [2.24, 2.45) is 10.8 Å². The molecule has 0 aliphatic carbocycles. The van der Waals surface area contributed by atoms with E-state index in [0.29, 0.717) is 11.4 Å². The van der Waals surface area contributed by atoms with Gasteiger partial charge in [0.05, 0.1) is 35.2 Å². The standard InChI is InChI=1S/C22H21F3N4O4/c1-12(27-28-19(31)9-8-18(26)30)20-16-7-6-13(22(23,24)25)10-17(16)29(21(20)32)14-4-3-5-15(11-14)33-2/h3-7,10-11,32H,8-9H2,1-2H3,(H2,26,30)(H,28,31)/b27-12+. The summed E-state index contributed by atoms with van der Waals surface area (Å²) in [6.07, 6.45) is -4.94. The normalized spacial score (nSPS) is 12.1. The van der Waals surface area contributed by atoms with Crippen molar-refractivity contribution in [2.75, 3.05) is 7.11 Å². The maximum Gasteiger partial charge on any atom is 0.416 e. The van der Waals surface area contributed by atoms with Gasteiger partial charge in [-0.25, -0.2) is 5.43 Å². The zero-order chi connectivity index (χ0) is 24.3. The third kappa shape index (κ3) is 5.08. The molecule has 1 heterocycles. The highest BCUT2D eigenvalue weighted by Crippen LogP contribution is 2.39. The first-order valence-electron chi connectivity index (χ1n) is 9.73. The lowest BCUT2D eigenvalue weighted by Crippen LogP contribution is -2.21. The Morgan fingerprint density at radius 2 is 1.91 bits per heavy atom. The van der Waals surface area contributed by atoms with E-state index in [0.717, 1.165) is 12.1 Å². The first-order valence-corrected chi connectivity index (χ1v) is 9.73. The number of alkyl halides is 3. The van der Waals surface area contributed by atoms with Crippen LogP contribution in [0.5, 0.6) is 11.6 Å². The van der Waals surface area contributed by atoms with E-state index in [1.54, 1.807) is 24.3 Å². The third-order valence-corrected chi connectivity index (χ3v) is 4.89. The van der Waals surface area contributed by atoms with Crippen molar-refractivity contribution in [2.45, 2.75) is 25.9 Å². The first kappa shape index (κ1) is 23.6. The maximum atomic E-state index is 13.4. The number of hydrogen-bond donors (Lipinski definition) is 3. The van der Waals surface area contributed by atoms with Gasteiger partial charge in [-0.3, -0.25) is 14.2 Å². The van der Waals surface area contributed by atoms with Crippen molar-refractivity contribution in [1.82, 2.24) is 9.99 Å². The maximum absolute atomic E-state index is 13.4. The van der Waals surface area contributed by atoms with Gasteiger partial charge >= 0.3 is 6.18 Å². The van der Waals surface area contributed by atoms with Gasteiger partial charge < -0.3 is 15.6 Å². The highest BCUT2D eigenvalue weighted by Gasteiger charge is 2.32. The Labute approximate surface area is 186 Å². The number of rotatable bonds is 7. The lowest BCUT2D eigenvalue weighted by atomic mass is 10.1. The molecular formula is C22H21F3N4O4. The molecule has 0 aliphatic heterocycles. The number of nitrogens with zero attached hydrogens (tertiary/aromatic N) is 2. The summed E-state index contributed by atoms with van der Waals surface area (Å²) in [6.45, 7) is 1.48. The summed E-state index contributed by atoms with van der Waals surface area (Å²) >= 11 is 0. The predicted octanol–water partition coefficient (Wildman–Crippen LogP) is 3.47. The van der Waals surface area contributed by atoms with Crippen LogP contribution in [-0.4, -0.2) is 34.3 Å². The van der Waals surface area contributed by atoms with Crippen molar-refractivity contribution < 1.29 is 32.6 Å². The van der Waals surface area contributed by atoms with Crippen LogP contribution in [0.25, 0.3) is 16.6 Å². The Hall–Kier alpha value is -4.02. The molecule has 174 valence electrons. The van der Waals surface area contributed by atoms with Crippen LogP contribution in [0.1, 0.15) is 30.9 Å². The van der Waals surface area contributed by atoms with E-state index in [-0.39, 0.29) is 40.9 Å². The average Bonchev–Trinajstić information content (AvgIpc) is 3.06. The number of carbonyl (C=O) groups excluding carboxylic acids is 2. The van der Waals surface area contributed by atoms with Gasteiger partial charge in [-0.15, -0.1) is 0 Å². The summed E-state index contributed by atoms with van der Waals surface area (Å²) in [5.41, 5.74) is 7.10. The summed E-state index contributed by atoms with van der Waals surface area (Å²) in [7, 11) is 1.44. The smallest absolute Gasteiger partial charge is 0.416 e. The zero-order valence-corrected chi connectivity index (χ0v) is 17.7. The molecule has 4 N–H and O–H groups in total. The predicted molar refractivity (Wildman–Crippen MR) is 115 cm³/mol. The number of hydrogen-bond acceptors (Lipinski definition) is 5. The van der Waals surface area contributed by atoms with Gasteiger partial charge in [0.15, 0.2) is 0 Å². The van der Waals surface area contributed by atoms with Crippen molar-refractivity contribution in [3.05, 3.63) is 53.6 Å². The molecule has 2 amide bonds. The monoisotopic (exact) mass is 462 g/mol. The largest absolute Gasteiger partial charge is 0.497 e. The number of primary amides is 1. The van der Waals surface area contributed by atoms with E-state index >= 15 is 0 Å². The van der Waals surface area contributed by atoms with Gasteiger partial charge in [0, 0.05) is 24.3 Å². The molecule has 1 aromatic heterocycles. The molecular weight excluding hydrogens is 441 g/mol. The van der Waals surface area contributed by atoms with E-state index in [4.69, 9.17) is 10.5 Å². The highest BCUT2D eigenvalue weighted by atomic mass is 19.4. The van der Waals surface area contributed by atoms with Crippen molar-refractivity contribution in [1.29, 1.82) is 0 Å². The van der Waals surface area contributed by atoms with Gasteiger partial charge in [-0.05, 0) is 31.2 Å². The fourth-order valence-electron chi connectivity index (χ4n) is 3.31. The summed E-state index contributed by atoms with van der Waals surface area (Å²) in [4.78, 5) is 22.7. The van der Waals surface area contributed by atoms with E-state index in [1.165, 1.54) is 24.7 Å². The number of carbonyl (C=O) groups is 2. The number of benzene rings is 2. The van der Waals surface area contributed by atoms with Gasteiger partial charge in [0.2, 0.25) is 17.7 Å². The number of aromatic nitrogens is 1. The van der Waals surface area contributed by atoms with Crippen molar-refractivity contribution in [3.8, 4) is 17.3 Å². The highest BCUT2D eigenvalue weighted by molar-refractivity contribution is 6.13. The molecule has 0 saturated heterocycles. The van der Waals surface area contributed by atoms with Crippen LogP contribution in [0.3, 0.4) is 0 Å². The fraction of sp³-hybridized carbons (Fsp3) is 0.227. The number of amides is 2. The fourth-order valence-corrected chi connectivity index (χ4v) is 3.31. The summed E-state index contributed by atoms with van der Waals surface area (Å²) in [5, 5.41) is 15.2. The molecule has 2 aromatic carbocycles. The summed E-state index contributed by atoms with van der Waals surface area (Å²) < 4.78 is 46.6. The lowest BCUT2D eigenvalue weighted by Gasteiger charge is -2.11. The van der Waals surface area contributed by atoms with Gasteiger partial charge in [-0.1, -0.05) is 12.1 Å². The molecule has 33 heavy (non-hydrogen) atoms. The van der Waals surface area contributed by atoms with Crippen LogP contribution < -0.4 is 15.9 Å². The minimum Gasteiger partial charge on any atom is -0.497 e. The van der Waals surface area contributed by atoms with Gasteiger partial charge in [-0.2, -0.15) is 18.3 Å². The molecule has 0 unspecified atom stereocenters. The molecule has 0 bridgehead atoms. The number of nitrogens with one attached hydrogen (secondary N) is 1. The van der Waals surface area contributed by atoms with Crippen LogP contribution in [0.4, 0.5) is 13.2 Å². The van der Waals surface area contributed by atoms with E-state index < -0.39 is 23.6 Å². The molecule has 0 saturated carbocycles. The number of fused-ring (bicyclic) bond motifs is 1. The molecule has 3 rings (SSSR count). The van der Waals surface area contributed by atoms with E-state index in [9.17, 15) is 27.9 Å². The van der Waals surface area contributed by atoms with E-state index in [2.05, 4.69) is 10.5 Å². The van der Waals surface area contributed by atoms with Crippen LogP contribution >= 0.6 is 0 Å². The Morgan fingerprint density at radius 1 is 1.18 bits per heavy atom. The summed E-state index contributed by atoms with van der Waals surface area (Å²) in [6, 6.07) is 9.51. The van der Waals surface area contributed by atoms with Crippen LogP contribution in [0.15, 0.2) is 47.6 Å². The summed E-state index contributed by atoms with van der Waals surface area (Å²) in [5.74, 6) is -1.16. The number of methoxy groups -OCH3 is 1. The number of ether oxygens (including phenoxy) is 1. The second-order valence-corrected chi connectivity index (χ2v) is 7.16. The lowest BCUT2D eigenvalue weighted by molar-refractivity contribution is -0.137. The number of aromatic hydroxyl groups is 1. The number of halogens is 3. The number of hydrazone groups is 1. The topological polar surface area (TPSA) is 119 Å². The molecule has 0 fully saturated rings. The molecule has 3 aromatic rings. The minimum atomic E-state index is -4.59. The van der Waals surface area contributed by atoms with Gasteiger partial charge in [0.25, 0.3) is 0 Å². The van der Waals surface area contributed by atoms with Crippen LogP contribution in [0, 0.1) is 0 Å². The molecule has 8 nitrogen and oxygen atoms in total. The second kappa shape index (κ2) is 9.23. The Kier molecular flexibility index (Phi) is 6.61. The molecule has 0 spiro atoms. The Balaban J connectivity index is 2.15. The SMILES string of the molecule is COc1cccc(-n2c(O)c(/C(C)=N/NC(=O)CCC(N)=O)c3ccc(C(F)(F)F)cc32)c1. The minimum absolute atomic E-state index is 0.0835. The van der Waals surface area contributed by atoms with Crippen LogP contribution in [0.2, 0.25) is 0 Å². The van der Waals surface area contributed by atoms with Crippen molar-refractivity contribution >= 4 is 28.4 Å². The Bertz CT molecular complexity index is 1250. The third-order valence-electron chi connectivity index (χ3n) is 4.89. The molecule has 11 heteroatoms.